The summed E-state index contributed by atoms with van der Waals surface area (Å²) in [6.45, 7) is 4.96. The van der Waals surface area contributed by atoms with E-state index in [9.17, 15) is 0 Å². The van der Waals surface area contributed by atoms with Crippen LogP contribution in [0.3, 0.4) is 0 Å². The van der Waals surface area contributed by atoms with E-state index < -0.39 is 0 Å². The Labute approximate surface area is 131 Å². The molecule has 0 bridgehead atoms. The third-order valence-corrected chi connectivity index (χ3v) is 3.84. The summed E-state index contributed by atoms with van der Waals surface area (Å²) in [5.41, 5.74) is 3.52. The van der Waals surface area contributed by atoms with Crippen molar-refractivity contribution in [1.82, 2.24) is 5.32 Å². The summed E-state index contributed by atoms with van der Waals surface area (Å²) in [7, 11) is 0. The molecule has 1 fully saturated rings. The van der Waals surface area contributed by atoms with E-state index in [0.717, 1.165) is 28.6 Å². The Morgan fingerprint density at radius 3 is 2.48 bits per heavy atom. The van der Waals surface area contributed by atoms with Crippen molar-refractivity contribution in [3.8, 4) is 11.5 Å². The first-order valence-corrected chi connectivity index (χ1v) is 7.76. The van der Waals surface area contributed by atoms with Gasteiger partial charge in [-0.15, -0.1) is 0 Å². The van der Waals surface area contributed by atoms with Gasteiger partial charge >= 0.3 is 0 Å². The van der Waals surface area contributed by atoms with Crippen LogP contribution in [0, 0.1) is 13.8 Å². The fourth-order valence-electron chi connectivity index (χ4n) is 2.45. The highest BCUT2D eigenvalue weighted by atomic mass is 35.5. The second-order valence-corrected chi connectivity index (χ2v) is 6.27. The van der Waals surface area contributed by atoms with Gasteiger partial charge in [0.15, 0.2) is 0 Å². The minimum Gasteiger partial charge on any atom is -0.457 e. The molecule has 0 aromatic heterocycles. The SMILES string of the molecule is Cc1cc(C)cc(Oc2ccc(Cl)cc2CNC2CC2)c1. The van der Waals surface area contributed by atoms with Crippen molar-refractivity contribution in [1.29, 1.82) is 0 Å². The van der Waals surface area contributed by atoms with Gasteiger partial charge in [0.05, 0.1) is 0 Å². The number of ether oxygens (including phenoxy) is 1. The molecule has 0 heterocycles. The number of benzene rings is 2. The standard InChI is InChI=1S/C18H20ClNO/c1-12-7-13(2)9-17(8-12)21-18-6-3-15(19)10-14(18)11-20-16-4-5-16/h3,6-10,16,20H,4-5,11H2,1-2H3. The number of hydrogen-bond donors (Lipinski definition) is 1. The summed E-state index contributed by atoms with van der Waals surface area (Å²) in [6.07, 6.45) is 2.54. The largest absolute Gasteiger partial charge is 0.457 e. The predicted octanol–water partition coefficient (Wildman–Crippen LogP) is 5.00. The molecule has 110 valence electrons. The van der Waals surface area contributed by atoms with Gasteiger partial charge in [-0.05, 0) is 68.1 Å². The fraction of sp³-hybridized carbons (Fsp3) is 0.333. The minimum absolute atomic E-state index is 0.665. The molecule has 0 saturated heterocycles. The lowest BCUT2D eigenvalue weighted by molar-refractivity contribution is 0.472. The predicted molar refractivity (Wildman–Crippen MR) is 87.3 cm³/mol. The maximum absolute atomic E-state index is 6.12. The van der Waals surface area contributed by atoms with E-state index >= 15 is 0 Å². The average molecular weight is 302 g/mol. The molecule has 0 spiro atoms. The van der Waals surface area contributed by atoms with Crippen LogP contribution in [-0.2, 0) is 6.54 Å². The number of aryl methyl sites for hydroxylation is 2. The lowest BCUT2D eigenvalue weighted by Gasteiger charge is -2.13. The third kappa shape index (κ3) is 3.99. The van der Waals surface area contributed by atoms with Crippen molar-refractivity contribution in [3.05, 3.63) is 58.1 Å². The summed E-state index contributed by atoms with van der Waals surface area (Å²) < 4.78 is 6.08. The number of rotatable bonds is 5. The van der Waals surface area contributed by atoms with Gasteiger partial charge in [0.1, 0.15) is 11.5 Å². The first-order valence-electron chi connectivity index (χ1n) is 7.38. The van der Waals surface area contributed by atoms with Gasteiger partial charge in [0.25, 0.3) is 0 Å². The first-order chi connectivity index (χ1) is 10.1. The Morgan fingerprint density at radius 1 is 1.10 bits per heavy atom. The molecule has 1 aliphatic rings. The molecule has 2 aromatic carbocycles. The van der Waals surface area contributed by atoms with Crippen LogP contribution in [0.1, 0.15) is 29.5 Å². The second-order valence-electron chi connectivity index (χ2n) is 5.83. The van der Waals surface area contributed by atoms with Gasteiger partial charge in [0.2, 0.25) is 0 Å². The van der Waals surface area contributed by atoms with E-state index in [-0.39, 0.29) is 0 Å². The van der Waals surface area contributed by atoms with Crippen molar-refractivity contribution < 1.29 is 4.74 Å². The minimum atomic E-state index is 0.665. The van der Waals surface area contributed by atoms with E-state index in [1.54, 1.807) is 0 Å². The molecular formula is C18H20ClNO. The molecule has 1 N–H and O–H groups in total. The van der Waals surface area contributed by atoms with Crippen LogP contribution in [0.2, 0.25) is 5.02 Å². The summed E-state index contributed by atoms with van der Waals surface area (Å²) in [6, 6.07) is 12.7. The van der Waals surface area contributed by atoms with Crippen molar-refractivity contribution in [2.45, 2.75) is 39.3 Å². The summed E-state index contributed by atoms with van der Waals surface area (Å²) >= 11 is 6.12. The lowest BCUT2D eigenvalue weighted by Crippen LogP contribution is -2.15. The quantitative estimate of drug-likeness (QED) is 0.839. The maximum atomic E-state index is 6.12. The van der Waals surface area contributed by atoms with E-state index in [0.29, 0.717) is 6.04 Å². The molecule has 3 heteroatoms. The second kappa shape index (κ2) is 6.08. The number of halogens is 1. The van der Waals surface area contributed by atoms with Crippen molar-refractivity contribution in [3.63, 3.8) is 0 Å². The van der Waals surface area contributed by atoms with E-state index in [4.69, 9.17) is 16.3 Å². The molecule has 0 radical (unpaired) electrons. The van der Waals surface area contributed by atoms with Gasteiger partial charge in [-0.2, -0.15) is 0 Å². The van der Waals surface area contributed by atoms with Crippen molar-refractivity contribution in [2.75, 3.05) is 0 Å². The fourth-order valence-corrected chi connectivity index (χ4v) is 2.64. The van der Waals surface area contributed by atoms with Crippen molar-refractivity contribution >= 4 is 11.6 Å². The maximum Gasteiger partial charge on any atom is 0.132 e. The van der Waals surface area contributed by atoms with Crippen molar-refractivity contribution in [2.24, 2.45) is 0 Å². The average Bonchev–Trinajstić information content (AvgIpc) is 3.22. The Kier molecular flexibility index (Phi) is 4.18. The molecular weight excluding hydrogens is 282 g/mol. The van der Waals surface area contributed by atoms with Crippen LogP contribution < -0.4 is 10.1 Å². The van der Waals surface area contributed by atoms with Crippen LogP contribution in [0.15, 0.2) is 36.4 Å². The lowest BCUT2D eigenvalue weighted by atomic mass is 10.1. The van der Waals surface area contributed by atoms with Crippen LogP contribution in [-0.4, -0.2) is 6.04 Å². The zero-order valence-corrected chi connectivity index (χ0v) is 13.2. The molecule has 3 rings (SSSR count). The van der Waals surface area contributed by atoms with Crippen LogP contribution in [0.25, 0.3) is 0 Å². The van der Waals surface area contributed by atoms with E-state index in [1.807, 2.05) is 18.2 Å². The topological polar surface area (TPSA) is 21.3 Å². The molecule has 1 aliphatic carbocycles. The Bertz CT molecular complexity index is 629. The highest BCUT2D eigenvalue weighted by molar-refractivity contribution is 6.30. The highest BCUT2D eigenvalue weighted by Gasteiger charge is 2.20. The summed E-state index contributed by atoms with van der Waals surface area (Å²) in [4.78, 5) is 0. The van der Waals surface area contributed by atoms with Gasteiger partial charge in [0, 0.05) is 23.2 Å². The number of nitrogens with one attached hydrogen (secondary N) is 1. The zero-order valence-electron chi connectivity index (χ0n) is 12.4. The smallest absolute Gasteiger partial charge is 0.132 e. The van der Waals surface area contributed by atoms with E-state index in [1.165, 1.54) is 24.0 Å². The molecule has 21 heavy (non-hydrogen) atoms. The normalized spacial score (nSPS) is 14.2. The molecule has 0 aliphatic heterocycles. The summed E-state index contributed by atoms with van der Waals surface area (Å²) in [5.74, 6) is 1.75. The number of hydrogen-bond acceptors (Lipinski definition) is 2. The summed E-state index contributed by atoms with van der Waals surface area (Å²) in [5, 5.41) is 4.26. The zero-order chi connectivity index (χ0) is 14.8. The Morgan fingerprint density at radius 2 is 1.81 bits per heavy atom. The third-order valence-electron chi connectivity index (χ3n) is 3.60. The van der Waals surface area contributed by atoms with Gasteiger partial charge in [-0.3, -0.25) is 0 Å². The monoisotopic (exact) mass is 301 g/mol. The van der Waals surface area contributed by atoms with Crippen LogP contribution in [0.4, 0.5) is 0 Å². The Balaban J connectivity index is 1.82. The molecule has 2 aromatic rings. The molecule has 1 saturated carbocycles. The van der Waals surface area contributed by atoms with Gasteiger partial charge in [-0.25, -0.2) is 0 Å². The van der Waals surface area contributed by atoms with Gasteiger partial charge in [-0.1, -0.05) is 17.7 Å². The molecule has 0 amide bonds. The van der Waals surface area contributed by atoms with Crippen LogP contribution >= 0.6 is 11.6 Å². The Hall–Kier alpha value is -1.51. The first kappa shape index (κ1) is 14.4. The van der Waals surface area contributed by atoms with Gasteiger partial charge < -0.3 is 10.1 Å². The van der Waals surface area contributed by atoms with E-state index in [2.05, 4.69) is 37.4 Å². The van der Waals surface area contributed by atoms with Crippen LogP contribution in [0.5, 0.6) is 11.5 Å². The molecule has 2 nitrogen and oxygen atoms in total. The molecule has 0 unspecified atom stereocenters. The highest BCUT2D eigenvalue weighted by Crippen LogP contribution is 2.30. The molecule has 0 atom stereocenters.